The molecule has 2 heterocycles. The van der Waals surface area contributed by atoms with Crippen molar-refractivity contribution in [2.75, 3.05) is 18.4 Å². The highest BCUT2D eigenvalue weighted by Crippen LogP contribution is 2.16. The quantitative estimate of drug-likeness (QED) is 0.682. The van der Waals surface area contributed by atoms with E-state index in [9.17, 15) is 4.79 Å². The zero-order valence-corrected chi connectivity index (χ0v) is 17.4. The summed E-state index contributed by atoms with van der Waals surface area (Å²) in [5.74, 6) is -0.118. The standard InChI is InChI=1S/C23H27N5O2/c1-17-11-27(12-18(2)30-17)13-19-6-8-21(9-7-19)23(29)26-22-5-3-4-20(10-22)14-28-16-24-15-25-28/h3-10,15-18H,11-14H2,1-2H3,(H,26,29). The summed E-state index contributed by atoms with van der Waals surface area (Å²) in [6, 6.07) is 15.6. The second kappa shape index (κ2) is 9.19. The highest BCUT2D eigenvalue weighted by Gasteiger charge is 2.22. The van der Waals surface area contributed by atoms with E-state index in [0.717, 1.165) is 30.9 Å². The van der Waals surface area contributed by atoms with Crippen LogP contribution in [0.15, 0.2) is 61.2 Å². The lowest BCUT2D eigenvalue weighted by Crippen LogP contribution is -2.44. The summed E-state index contributed by atoms with van der Waals surface area (Å²) in [5.41, 5.74) is 3.65. The number of carbonyl (C=O) groups excluding carboxylic acids is 1. The van der Waals surface area contributed by atoms with Gasteiger partial charge in [0, 0.05) is 30.9 Å². The van der Waals surface area contributed by atoms with Crippen LogP contribution in [0.2, 0.25) is 0 Å². The zero-order valence-electron chi connectivity index (χ0n) is 17.4. The van der Waals surface area contributed by atoms with Gasteiger partial charge in [0.25, 0.3) is 5.91 Å². The number of amides is 1. The molecule has 2 aromatic carbocycles. The van der Waals surface area contributed by atoms with Crippen molar-refractivity contribution in [3.63, 3.8) is 0 Å². The van der Waals surface area contributed by atoms with Crippen LogP contribution in [0.25, 0.3) is 0 Å². The molecule has 1 amide bonds. The maximum atomic E-state index is 12.7. The first-order chi connectivity index (χ1) is 14.5. The predicted octanol–water partition coefficient (Wildman–Crippen LogP) is 3.19. The number of hydrogen-bond donors (Lipinski definition) is 1. The molecular formula is C23H27N5O2. The highest BCUT2D eigenvalue weighted by molar-refractivity contribution is 6.04. The highest BCUT2D eigenvalue weighted by atomic mass is 16.5. The first-order valence-corrected chi connectivity index (χ1v) is 10.2. The van der Waals surface area contributed by atoms with Crippen LogP contribution in [-0.2, 0) is 17.8 Å². The van der Waals surface area contributed by atoms with Crippen LogP contribution in [0, 0.1) is 0 Å². The van der Waals surface area contributed by atoms with Crippen molar-refractivity contribution in [1.82, 2.24) is 19.7 Å². The average molecular weight is 406 g/mol. The van der Waals surface area contributed by atoms with Gasteiger partial charge in [-0.25, -0.2) is 9.67 Å². The molecule has 0 bridgehead atoms. The van der Waals surface area contributed by atoms with Gasteiger partial charge < -0.3 is 10.1 Å². The first kappa shape index (κ1) is 20.3. The maximum absolute atomic E-state index is 12.7. The number of rotatable bonds is 6. The van der Waals surface area contributed by atoms with Gasteiger partial charge in [-0.05, 0) is 49.2 Å². The monoisotopic (exact) mass is 405 g/mol. The molecule has 7 heteroatoms. The van der Waals surface area contributed by atoms with Gasteiger partial charge in [-0.2, -0.15) is 5.10 Å². The molecule has 2 unspecified atom stereocenters. The molecule has 0 radical (unpaired) electrons. The van der Waals surface area contributed by atoms with Crippen molar-refractivity contribution < 1.29 is 9.53 Å². The van der Waals surface area contributed by atoms with Crippen LogP contribution in [-0.4, -0.2) is 50.9 Å². The minimum absolute atomic E-state index is 0.118. The van der Waals surface area contributed by atoms with E-state index in [2.05, 4.69) is 34.1 Å². The normalized spacial score (nSPS) is 19.5. The Morgan fingerprint density at radius 3 is 2.53 bits per heavy atom. The van der Waals surface area contributed by atoms with E-state index < -0.39 is 0 Å². The van der Waals surface area contributed by atoms with Crippen LogP contribution in [0.4, 0.5) is 5.69 Å². The molecule has 7 nitrogen and oxygen atoms in total. The summed E-state index contributed by atoms with van der Waals surface area (Å²) in [6.07, 6.45) is 3.68. The molecule has 2 atom stereocenters. The number of anilines is 1. The number of hydrogen-bond acceptors (Lipinski definition) is 5. The minimum atomic E-state index is -0.118. The largest absolute Gasteiger partial charge is 0.373 e. The Bertz CT molecular complexity index is 962. The van der Waals surface area contributed by atoms with E-state index in [1.807, 2.05) is 48.5 Å². The Kier molecular flexibility index (Phi) is 6.21. The lowest BCUT2D eigenvalue weighted by Gasteiger charge is -2.35. The third-order valence-corrected chi connectivity index (χ3v) is 5.11. The Morgan fingerprint density at radius 2 is 1.83 bits per heavy atom. The van der Waals surface area contributed by atoms with E-state index in [4.69, 9.17) is 4.74 Å². The smallest absolute Gasteiger partial charge is 0.255 e. The number of nitrogens with one attached hydrogen (secondary N) is 1. The van der Waals surface area contributed by atoms with Crippen molar-refractivity contribution in [3.8, 4) is 0 Å². The van der Waals surface area contributed by atoms with E-state index in [1.165, 1.54) is 11.9 Å². The summed E-state index contributed by atoms with van der Waals surface area (Å²) in [7, 11) is 0. The van der Waals surface area contributed by atoms with E-state index in [-0.39, 0.29) is 18.1 Å². The summed E-state index contributed by atoms with van der Waals surface area (Å²) >= 11 is 0. The van der Waals surface area contributed by atoms with Crippen molar-refractivity contribution in [2.24, 2.45) is 0 Å². The van der Waals surface area contributed by atoms with Crippen LogP contribution < -0.4 is 5.32 Å². The Labute approximate surface area is 176 Å². The van der Waals surface area contributed by atoms with Crippen LogP contribution in [0.1, 0.15) is 35.3 Å². The van der Waals surface area contributed by atoms with Gasteiger partial charge in [0.15, 0.2) is 0 Å². The fourth-order valence-corrected chi connectivity index (χ4v) is 3.89. The molecular weight excluding hydrogens is 378 g/mol. The first-order valence-electron chi connectivity index (χ1n) is 10.2. The summed E-state index contributed by atoms with van der Waals surface area (Å²) < 4.78 is 7.54. The number of ether oxygens (including phenoxy) is 1. The SMILES string of the molecule is CC1CN(Cc2ccc(C(=O)Nc3cccc(Cn4cncn4)c3)cc2)CC(C)O1. The van der Waals surface area contributed by atoms with Crippen molar-refractivity contribution in [2.45, 2.75) is 39.1 Å². The van der Waals surface area contributed by atoms with Gasteiger partial charge in [-0.1, -0.05) is 24.3 Å². The van der Waals surface area contributed by atoms with Crippen molar-refractivity contribution in [3.05, 3.63) is 77.9 Å². The van der Waals surface area contributed by atoms with Gasteiger partial charge in [-0.15, -0.1) is 0 Å². The Balaban J connectivity index is 1.36. The maximum Gasteiger partial charge on any atom is 0.255 e. The molecule has 1 fully saturated rings. The number of benzene rings is 2. The van der Waals surface area contributed by atoms with Gasteiger partial charge in [0.1, 0.15) is 12.7 Å². The number of aromatic nitrogens is 3. The summed E-state index contributed by atoms with van der Waals surface area (Å²) in [5, 5.41) is 7.10. The second-order valence-corrected chi connectivity index (χ2v) is 7.90. The molecule has 1 saturated heterocycles. The number of nitrogens with zero attached hydrogens (tertiary/aromatic N) is 4. The number of morpholine rings is 1. The second-order valence-electron chi connectivity index (χ2n) is 7.90. The predicted molar refractivity (Wildman–Crippen MR) is 115 cm³/mol. The molecule has 0 aliphatic carbocycles. The lowest BCUT2D eigenvalue weighted by molar-refractivity contribution is -0.0704. The fraction of sp³-hybridized carbons (Fsp3) is 0.348. The molecule has 30 heavy (non-hydrogen) atoms. The fourth-order valence-electron chi connectivity index (χ4n) is 3.89. The van der Waals surface area contributed by atoms with Crippen LogP contribution >= 0.6 is 0 Å². The topological polar surface area (TPSA) is 72.3 Å². The zero-order chi connectivity index (χ0) is 20.9. The molecule has 3 aromatic rings. The molecule has 1 N–H and O–H groups in total. The number of carbonyl (C=O) groups is 1. The molecule has 1 aromatic heterocycles. The molecule has 0 saturated carbocycles. The minimum Gasteiger partial charge on any atom is -0.373 e. The third kappa shape index (κ3) is 5.31. The van der Waals surface area contributed by atoms with Gasteiger partial charge in [0.2, 0.25) is 0 Å². The summed E-state index contributed by atoms with van der Waals surface area (Å²) in [4.78, 5) is 19.0. The van der Waals surface area contributed by atoms with Crippen molar-refractivity contribution in [1.29, 1.82) is 0 Å². The average Bonchev–Trinajstić information content (AvgIpc) is 3.21. The molecule has 1 aliphatic rings. The van der Waals surface area contributed by atoms with Gasteiger partial charge in [-0.3, -0.25) is 9.69 Å². The van der Waals surface area contributed by atoms with Gasteiger partial charge in [0.05, 0.1) is 18.8 Å². The van der Waals surface area contributed by atoms with E-state index in [0.29, 0.717) is 12.1 Å². The Hall–Kier alpha value is -3.03. The molecule has 4 rings (SSSR count). The van der Waals surface area contributed by atoms with Crippen LogP contribution in [0.5, 0.6) is 0 Å². The molecule has 156 valence electrons. The summed E-state index contributed by atoms with van der Waals surface area (Å²) in [6.45, 7) is 7.55. The molecule has 1 aliphatic heterocycles. The Morgan fingerprint density at radius 1 is 1.07 bits per heavy atom. The lowest BCUT2D eigenvalue weighted by atomic mass is 10.1. The third-order valence-electron chi connectivity index (χ3n) is 5.11. The van der Waals surface area contributed by atoms with Crippen LogP contribution in [0.3, 0.4) is 0 Å². The van der Waals surface area contributed by atoms with Crippen molar-refractivity contribution >= 4 is 11.6 Å². The molecule has 0 spiro atoms. The van der Waals surface area contributed by atoms with E-state index in [1.54, 1.807) is 11.0 Å². The van der Waals surface area contributed by atoms with Gasteiger partial charge >= 0.3 is 0 Å². The van der Waals surface area contributed by atoms with E-state index >= 15 is 0 Å².